The molecule has 4 nitrogen and oxygen atoms in total. The number of likely N-dealkylation sites (tertiary alicyclic amines) is 1. The first kappa shape index (κ1) is 16.5. The molecule has 0 aromatic heterocycles. The first-order chi connectivity index (χ1) is 10.5. The van der Waals surface area contributed by atoms with E-state index in [-0.39, 0.29) is 11.8 Å². The fraction of sp³-hybridized carbons (Fsp3) is 0.556. The van der Waals surface area contributed by atoms with E-state index in [1.54, 1.807) is 0 Å². The molecule has 1 aromatic rings. The molecule has 120 valence electrons. The summed E-state index contributed by atoms with van der Waals surface area (Å²) in [5.74, 6) is 0.588. The van der Waals surface area contributed by atoms with E-state index >= 15 is 0 Å². The van der Waals surface area contributed by atoms with Gasteiger partial charge in [-0.2, -0.15) is 0 Å². The molecule has 2 rings (SSSR count). The Morgan fingerprint density at radius 1 is 1.09 bits per heavy atom. The van der Waals surface area contributed by atoms with Gasteiger partial charge >= 0.3 is 0 Å². The van der Waals surface area contributed by atoms with E-state index in [0.717, 1.165) is 37.2 Å². The summed E-state index contributed by atoms with van der Waals surface area (Å²) >= 11 is 0. The van der Waals surface area contributed by atoms with E-state index in [9.17, 15) is 9.59 Å². The van der Waals surface area contributed by atoms with Crippen molar-refractivity contribution in [3.05, 3.63) is 29.8 Å². The van der Waals surface area contributed by atoms with Gasteiger partial charge < -0.3 is 10.2 Å². The molecule has 0 aliphatic carbocycles. The summed E-state index contributed by atoms with van der Waals surface area (Å²) < 4.78 is 0. The highest BCUT2D eigenvalue weighted by Crippen LogP contribution is 2.14. The summed E-state index contributed by atoms with van der Waals surface area (Å²) in [5.41, 5.74) is 1.79. The Bertz CT molecular complexity index is 502. The molecule has 1 fully saturated rings. The summed E-state index contributed by atoms with van der Waals surface area (Å²) in [5, 5.41) is 2.88. The van der Waals surface area contributed by atoms with Crippen LogP contribution in [-0.2, 0) is 16.0 Å². The average Bonchev–Trinajstić information content (AvgIpc) is 2.49. The predicted molar refractivity (Wildman–Crippen MR) is 88.7 cm³/mol. The topological polar surface area (TPSA) is 49.4 Å². The van der Waals surface area contributed by atoms with Crippen LogP contribution in [0.15, 0.2) is 24.3 Å². The highest BCUT2D eigenvalue weighted by Gasteiger charge is 2.16. The van der Waals surface area contributed by atoms with Crippen LogP contribution in [-0.4, -0.2) is 29.8 Å². The molecule has 1 aromatic carbocycles. The summed E-state index contributed by atoms with van der Waals surface area (Å²) in [6.45, 7) is 5.83. The van der Waals surface area contributed by atoms with E-state index in [1.165, 1.54) is 6.42 Å². The van der Waals surface area contributed by atoms with Crippen molar-refractivity contribution in [3.8, 4) is 0 Å². The number of anilines is 1. The molecule has 1 N–H and O–H groups in total. The van der Waals surface area contributed by atoms with Crippen molar-refractivity contribution < 1.29 is 9.59 Å². The van der Waals surface area contributed by atoms with Gasteiger partial charge in [0.1, 0.15) is 0 Å². The lowest BCUT2D eigenvalue weighted by atomic mass is 10.1. The van der Waals surface area contributed by atoms with Gasteiger partial charge in [0.15, 0.2) is 0 Å². The molecule has 0 bridgehead atoms. The minimum Gasteiger partial charge on any atom is -0.342 e. The highest BCUT2D eigenvalue weighted by molar-refractivity contribution is 5.90. The number of hydrogen-bond donors (Lipinski definition) is 1. The predicted octanol–water partition coefficient (Wildman–Crippen LogP) is 3.23. The first-order valence-corrected chi connectivity index (χ1v) is 8.21. The van der Waals surface area contributed by atoms with Crippen molar-refractivity contribution in [2.24, 2.45) is 5.92 Å². The number of amides is 2. The minimum absolute atomic E-state index is 0.0344. The Kier molecular flexibility index (Phi) is 5.99. The number of piperidine rings is 1. The number of carbonyl (C=O) groups is 2. The van der Waals surface area contributed by atoms with Gasteiger partial charge in [0.05, 0.1) is 6.42 Å². The van der Waals surface area contributed by atoms with Gasteiger partial charge in [-0.25, -0.2) is 0 Å². The number of nitrogens with one attached hydrogen (secondary N) is 1. The van der Waals surface area contributed by atoms with E-state index in [4.69, 9.17) is 0 Å². The first-order valence-electron chi connectivity index (χ1n) is 8.21. The van der Waals surface area contributed by atoms with Gasteiger partial charge in [-0.15, -0.1) is 0 Å². The maximum absolute atomic E-state index is 12.2. The van der Waals surface area contributed by atoms with Gasteiger partial charge in [-0.1, -0.05) is 26.0 Å². The van der Waals surface area contributed by atoms with Gasteiger partial charge in [0.2, 0.25) is 11.8 Å². The normalized spacial score (nSPS) is 15.0. The Morgan fingerprint density at radius 2 is 1.73 bits per heavy atom. The largest absolute Gasteiger partial charge is 0.342 e. The Labute approximate surface area is 132 Å². The van der Waals surface area contributed by atoms with Crippen molar-refractivity contribution in [3.63, 3.8) is 0 Å². The second-order valence-electron chi connectivity index (χ2n) is 6.46. The van der Waals surface area contributed by atoms with E-state index in [2.05, 4.69) is 5.32 Å². The monoisotopic (exact) mass is 302 g/mol. The lowest BCUT2D eigenvalue weighted by Crippen LogP contribution is -2.36. The minimum atomic E-state index is 0.0344. The molecule has 0 radical (unpaired) electrons. The van der Waals surface area contributed by atoms with Crippen LogP contribution in [0.1, 0.15) is 45.1 Å². The van der Waals surface area contributed by atoms with Crippen molar-refractivity contribution in [2.75, 3.05) is 18.4 Å². The number of carbonyl (C=O) groups excluding carboxylic acids is 2. The molecule has 2 amide bonds. The molecule has 4 heteroatoms. The molecule has 1 heterocycles. The van der Waals surface area contributed by atoms with E-state index in [1.807, 2.05) is 43.0 Å². The van der Waals surface area contributed by atoms with E-state index < -0.39 is 0 Å². The summed E-state index contributed by atoms with van der Waals surface area (Å²) in [6, 6.07) is 7.59. The lowest BCUT2D eigenvalue weighted by Gasteiger charge is -2.26. The van der Waals surface area contributed by atoms with Crippen molar-refractivity contribution in [1.29, 1.82) is 0 Å². The summed E-state index contributed by atoms with van der Waals surface area (Å²) in [4.78, 5) is 25.9. The van der Waals surface area contributed by atoms with Gasteiger partial charge in [0, 0.05) is 25.2 Å². The molecule has 1 aliphatic heterocycles. The second kappa shape index (κ2) is 7.97. The van der Waals surface area contributed by atoms with Crippen LogP contribution in [0.2, 0.25) is 0 Å². The maximum Gasteiger partial charge on any atom is 0.226 e. The molecule has 0 unspecified atom stereocenters. The number of rotatable bonds is 5. The van der Waals surface area contributed by atoms with Crippen LogP contribution in [0.25, 0.3) is 0 Å². The smallest absolute Gasteiger partial charge is 0.226 e. The third-order valence-corrected chi connectivity index (χ3v) is 3.90. The summed E-state index contributed by atoms with van der Waals surface area (Å²) in [7, 11) is 0. The number of nitrogens with zero attached hydrogens (tertiary/aromatic N) is 1. The van der Waals surface area contributed by atoms with Gasteiger partial charge in [-0.05, 0) is 42.9 Å². The van der Waals surface area contributed by atoms with Crippen LogP contribution in [0.3, 0.4) is 0 Å². The average molecular weight is 302 g/mol. The molecule has 0 spiro atoms. The third-order valence-electron chi connectivity index (χ3n) is 3.90. The van der Waals surface area contributed by atoms with Crippen LogP contribution in [0.5, 0.6) is 0 Å². The molecular weight excluding hydrogens is 276 g/mol. The standard InChI is InChI=1S/C18H26N2O2/c1-14(2)12-17(21)19-16-8-6-15(7-9-16)13-18(22)20-10-4-3-5-11-20/h6-9,14H,3-5,10-13H2,1-2H3,(H,19,21). The zero-order chi connectivity index (χ0) is 15.9. The SMILES string of the molecule is CC(C)CC(=O)Nc1ccc(CC(=O)N2CCCCC2)cc1. The van der Waals surface area contributed by atoms with Crippen LogP contribution in [0.4, 0.5) is 5.69 Å². The Balaban J connectivity index is 1.86. The molecule has 22 heavy (non-hydrogen) atoms. The molecular formula is C18H26N2O2. The summed E-state index contributed by atoms with van der Waals surface area (Å²) in [6.07, 6.45) is 4.43. The van der Waals surface area contributed by atoms with Crippen LogP contribution >= 0.6 is 0 Å². The molecule has 1 saturated heterocycles. The Morgan fingerprint density at radius 3 is 2.32 bits per heavy atom. The van der Waals surface area contributed by atoms with Crippen molar-refractivity contribution >= 4 is 17.5 Å². The van der Waals surface area contributed by atoms with Crippen molar-refractivity contribution in [2.45, 2.75) is 46.0 Å². The highest BCUT2D eigenvalue weighted by atomic mass is 16.2. The van der Waals surface area contributed by atoms with E-state index in [0.29, 0.717) is 18.8 Å². The second-order valence-corrected chi connectivity index (χ2v) is 6.46. The van der Waals surface area contributed by atoms with Crippen LogP contribution in [0, 0.1) is 5.92 Å². The maximum atomic E-state index is 12.2. The number of benzene rings is 1. The zero-order valence-electron chi connectivity index (χ0n) is 13.6. The fourth-order valence-corrected chi connectivity index (χ4v) is 2.72. The fourth-order valence-electron chi connectivity index (χ4n) is 2.72. The van der Waals surface area contributed by atoms with Gasteiger partial charge in [0.25, 0.3) is 0 Å². The quantitative estimate of drug-likeness (QED) is 0.908. The molecule has 0 saturated carbocycles. The number of hydrogen-bond acceptors (Lipinski definition) is 2. The third kappa shape index (κ3) is 5.17. The Hall–Kier alpha value is -1.84. The lowest BCUT2D eigenvalue weighted by molar-refractivity contribution is -0.131. The van der Waals surface area contributed by atoms with Crippen LogP contribution < -0.4 is 5.32 Å². The molecule has 1 aliphatic rings. The zero-order valence-corrected chi connectivity index (χ0v) is 13.6. The van der Waals surface area contributed by atoms with Gasteiger partial charge in [-0.3, -0.25) is 9.59 Å². The molecule has 0 atom stereocenters. The van der Waals surface area contributed by atoms with Crippen molar-refractivity contribution in [1.82, 2.24) is 4.90 Å².